The lowest BCUT2D eigenvalue weighted by Crippen LogP contribution is -2.31. The normalized spacial score (nSPS) is 11.9. The highest BCUT2D eigenvalue weighted by atomic mass is 16.6. The Morgan fingerprint density at radius 2 is 2.26 bits per heavy atom. The quantitative estimate of drug-likeness (QED) is 0.577. The molecule has 0 aliphatic rings. The van der Waals surface area contributed by atoms with Crippen LogP contribution >= 0.6 is 0 Å². The summed E-state index contributed by atoms with van der Waals surface area (Å²) >= 11 is 0. The summed E-state index contributed by atoms with van der Waals surface area (Å²) in [5, 5.41) is 22.7. The minimum Gasteiger partial charge on any atom is -0.480 e. The molecule has 0 saturated carbocycles. The summed E-state index contributed by atoms with van der Waals surface area (Å²) in [6.07, 6.45) is 0.220. The Bertz CT molecular complexity index is 475. The topological polar surface area (TPSA) is 102 Å². The van der Waals surface area contributed by atoms with E-state index in [4.69, 9.17) is 9.84 Å². The Labute approximate surface area is 110 Å². The van der Waals surface area contributed by atoms with Gasteiger partial charge in [-0.3, -0.25) is 10.1 Å². The number of nitrogens with zero attached hydrogens (tertiary/aromatic N) is 1. The summed E-state index contributed by atoms with van der Waals surface area (Å²) in [4.78, 5) is 21.5. The van der Waals surface area contributed by atoms with Crippen LogP contribution in [0.5, 0.6) is 0 Å². The third-order valence-corrected chi connectivity index (χ3v) is 2.67. The molecule has 0 bridgehead atoms. The first-order valence-corrected chi connectivity index (χ1v) is 5.69. The number of carbonyl (C=O) groups is 1. The van der Waals surface area contributed by atoms with Crippen molar-refractivity contribution in [3.8, 4) is 0 Å². The van der Waals surface area contributed by atoms with Crippen LogP contribution in [0.25, 0.3) is 0 Å². The number of aliphatic carboxylic acids is 1. The number of nitro benzene ring substituents is 1. The highest BCUT2D eigenvalue weighted by Gasteiger charge is 2.22. The van der Waals surface area contributed by atoms with Gasteiger partial charge in [0.1, 0.15) is 11.7 Å². The first kappa shape index (κ1) is 14.9. The number of methoxy groups -OCH3 is 1. The first-order chi connectivity index (χ1) is 8.97. The van der Waals surface area contributed by atoms with E-state index in [1.807, 2.05) is 0 Å². The van der Waals surface area contributed by atoms with Crippen molar-refractivity contribution in [3.05, 3.63) is 33.9 Å². The average Bonchev–Trinajstić information content (AvgIpc) is 2.35. The molecule has 0 amide bonds. The number of ether oxygens (including phenoxy) is 1. The number of nitro groups is 1. The molecule has 0 heterocycles. The van der Waals surface area contributed by atoms with Gasteiger partial charge in [-0.15, -0.1) is 0 Å². The van der Waals surface area contributed by atoms with Crippen LogP contribution in [0.4, 0.5) is 11.4 Å². The van der Waals surface area contributed by atoms with E-state index in [1.165, 1.54) is 13.2 Å². The summed E-state index contributed by atoms with van der Waals surface area (Å²) in [5.41, 5.74) is 0.720. The highest BCUT2D eigenvalue weighted by molar-refractivity contribution is 5.79. The Kier molecular flexibility index (Phi) is 5.25. The van der Waals surface area contributed by atoms with Gasteiger partial charge >= 0.3 is 5.97 Å². The maximum absolute atomic E-state index is 11.1. The number of nitrogens with one attached hydrogen (secondary N) is 1. The molecule has 19 heavy (non-hydrogen) atoms. The Morgan fingerprint density at radius 3 is 2.79 bits per heavy atom. The zero-order chi connectivity index (χ0) is 14.4. The van der Waals surface area contributed by atoms with E-state index in [0.29, 0.717) is 5.56 Å². The largest absolute Gasteiger partial charge is 0.480 e. The molecule has 0 aromatic heterocycles. The van der Waals surface area contributed by atoms with Crippen LogP contribution in [0.1, 0.15) is 12.0 Å². The van der Waals surface area contributed by atoms with Crippen molar-refractivity contribution in [1.82, 2.24) is 0 Å². The molecule has 0 radical (unpaired) electrons. The summed E-state index contributed by atoms with van der Waals surface area (Å²) in [6.45, 7) is 1.94. The fourth-order valence-electron chi connectivity index (χ4n) is 1.66. The lowest BCUT2D eigenvalue weighted by atomic mass is 10.1. The van der Waals surface area contributed by atoms with Crippen LogP contribution in [-0.4, -0.2) is 35.8 Å². The molecule has 0 fully saturated rings. The van der Waals surface area contributed by atoms with Gasteiger partial charge in [0.05, 0.1) is 4.92 Å². The van der Waals surface area contributed by atoms with Crippen LogP contribution in [0, 0.1) is 17.0 Å². The minimum atomic E-state index is -1.07. The molecule has 7 heteroatoms. The van der Waals surface area contributed by atoms with Crippen LogP contribution in [0.3, 0.4) is 0 Å². The van der Waals surface area contributed by atoms with Crippen LogP contribution in [-0.2, 0) is 9.53 Å². The zero-order valence-corrected chi connectivity index (χ0v) is 10.8. The fourth-order valence-corrected chi connectivity index (χ4v) is 1.66. The van der Waals surface area contributed by atoms with E-state index in [1.54, 1.807) is 19.1 Å². The number of hydrogen-bond acceptors (Lipinski definition) is 5. The number of hydrogen-bond donors (Lipinski definition) is 2. The molecular weight excluding hydrogens is 252 g/mol. The summed E-state index contributed by atoms with van der Waals surface area (Å²) in [6, 6.07) is 3.65. The van der Waals surface area contributed by atoms with Gasteiger partial charge in [0.2, 0.25) is 0 Å². The molecule has 0 aliphatic heterocycles. The molecular formula is C12H16N2O5. The first-order valence-electron chi connectivity index (χ1n) is 5.69. The van der Waals surface area contributed by atoms with Gasteiger partial charge in [-0.25, -0.2) is 4.79 Å². The van der Waals surface area contributed by atoms with E-state index in [0.717, 1.165) is 0 Å². The average molecular weight is 268 g/mol. The number of carboxylic acid groups (broad SMARTS) is 1. The lowest BCUT2D eigenvalue weighted by Gasteiger charge is -2.16. The monoisotopic (exact) mass is 268 g/mol. The minimum absolute atomic E-state index is 0.135. The van der Waals surface area contributed by atoms with E-state index in [9.17, 15) is 14.9 Å². The molecule has 7 nitrogen and oxygen atoms in total. The number of anilines is 1. The van der Waals surface area contributed by atoms with Crippen LogP contribution in [0.2, 0.25) is 0 Å². The smallest absolute Gasteiger partial charge is 0.326 e. The molecule has 1 rings (SSSR count). The second-order valence-corrected chi connectivity index (χ2v) is 4.04. The van der Waals surface area contributed by atoms with Crippen molar-refractivity contribution in [2.75, 3.05) is 19.0 Å². The molecule has 0 saturated heterocycles. The lowest BCUT2D eigenvalue weighted by molar-refractivity contribution is -0.384. The third-order valence-electron chi connectivity index (χ3n) is 2.67. The van der Waals surface area contributed by atoms with E-state index in [2.05, 4.69) is 5.32 Å². The van der Waals surface area contributed by atoms with Crippen molar-refractivity contribution < 1.29 is 19.6 Å². The summed E-state index contributed by atoms with van der Waals surface area (Å²) < 4.78 is 4.83. The Morgan fingerprint density at radius 1 is 1.58 bits per heavy atom. The molecule has 104 valence electrons. The Balaban J connectivity index is 3.01. The van der Waals surface area contributed by atoms with Gasteiger partial charge in [-0.1, -0.05) is 12.1 Å². The van der Waals surface area contributed by atoms with Crippen molar-refractivity contribution in [2.45, 2.75) is 19.4 Å². The number of aryl methyl sites for hydroxylation is 1. The second kappa shape index (κ2) is 6.69. The van der Waals surface area contributed by atoms with Gasteiger partial charge in [0.15, 0.2) is 0 Å². The number of para-hydroxylation sites is 1. The SMILES string of the molecule is COCCC(Nc1c(C)cccc1[N+](=O)[O-])C(=O)O. The van der Waals surface area contributed by atoms with Gasteiger partial charge in [-0.2, -0.15) is 0 Å². The summed E-state index contributed by atoms with van der Waals surface area (Å²) in [5.74, 6) is -1.07. The van der Waals surface area contributed by atoms with E-state index >= 15 is 0 Å². The van der Waals surface area contributed by atoms with Crippen molar-refractivity contribution in [2.24, 2.45) is 0 Å². The van der Waals surface area contributed by atoms with Gasteiger partial charge in [-0.05, 0) is 12.5 Å². The predicted molar refractivity (Wildman–Crippen MR) is 69.4 cm³/mol. The maximum atomic E-state index is 11.1. The van der Waals surface area contributed by atoms with Crippen molar-refractivity contribution in [3.63, 3.8) is 0 Å². The molecule has 1 unspecified atom stereocenters. The van der Waals surface area contributed by atoms with Crippen LogP contribution in [0.15, 0.2) is 18.2 Å². The van der Waals surface area contributed by atoms with Crippen LogP contribution < -0.4 is 5.32 Å². The molecule has 1 aromatic carbocycles. The number of carboxylic acids is 1. The molecule has 0 spiro atoms. The molecule has 0 aliphatic carbocycles. The van der Waals surface area contributed by atoms with Gasteiger partial charge < -0.3 is 15.2 Å². The molecule has 1 aromatic rings. The predicted octanol–water partition coefficient (Wildman–Crippen LogP) is 1.80. The zero-order valence-electron chi connectivity index (χ0n) is 10.8. The maximum Gasteiger partial charge on any atom is 0.326 e. The number of rotatable bonds is 7. The van der Waals surface area contributed by atoms with E-state index in [-0.39, 0.29) is 24.4 Å². The Hall–Kier alpha value is -2.15. The molecule has 1 atom stereocenters. The third kappa shape index (κ3) is 3.92. The second-order valence-electron chi connectivity index (χ2n) is 4.04. The van der Waals surface area contributed by atoms with Gasteiger partial charge in [0, 0.05) is 26.2 Å². The van der Waals surface area contributed by atoms with Crippen molar-refractivity contribution >= 4 is 17.3 Å². The summed E-state index contributed by atoms with van der Waals surface area (Å²) in [7, 11) is 1.47. The van der Waals surface area contributed by atoms with Gasteiger partial charge in [0.25, 0.3) is 5.69 Å². The van der Waals surface area contributed by atoms with Crippen molar-refractivity contribution in [1.29, 1.82) is 0 Å². The molecule has 2 N–H and O–H groups in total. The highest BCUT2D eigenvalue weighted by Crippen LogP contribution is 2.28. The number of benzene rings is 1. The van der Waals surface area contributed by atoms with E-state index < -0.39 is 16.9 Å². The fraction of sp³-hybridized carbons (Fsp3) is 0.417. The standard InChI is InChI=1S/C12H16N2O5/c1-8-4-3-5-10(14(17)18)11(8)13-9(12(15)16)6-7-19-2/h3-5,9,13H,6-7H2,1-2H3,(H,15,16).